The number of carbonyl (C=O) groups excluding carboxylic acids is 2. The Morgan fingerprint density at radius 2 is 2.00 bits per heavy atom. The van der Waals surface area contributed by atoms with Gasteiger partial charge in [0.15, 0.2) is 0 Å². The van der Waals surface area contributed by atoms with Crippen LogP contribution in [0.4, 0.5) is 0 Å². The van der Waals surface area contributed by atoms with E-state index in [2.05, 4.69) is 10.1 Å². The van der Waals surface area contributed by atoms with Gasteiger partial charge in [-0.25, -0.2) is 4.79 Å². The molecule has 0 aliphatic carbocycles. The quantitative estimate of drug-likeness (QED) is 0.670. The van der Waals surface area contributed by atoms with Crippen molar-refractivity contribution in [1.29, 1.82) is 0 Å². The van der Waals surface area contributed by atoms with Gasteiger partial charge in [0.1, 0.15) is 11.8 Å². The van der Waals surface area contributed by atoms with Crippen LogP contribution >= 0.6 is 0 Å². The molecule has 0 radical (unpaired) electrons. The molecule has 1 aromatic carbocycles. The zero-order chi connectivity index (χ0) is 16.0. The summed E-state index contributed by atoms with van der Waals surface area (Å²) in [5.41, 5.74) is 0.745. The van der Waals surface area contributed by atoms with Crippen LogP contribution in [0.1, 0.15) is 28.8 Å². The summed E-state index contributed by atoms with van der Waals surface area (Å²) in [6.07, 6.45) is -0.196. The second kappa shape index (κ2) is 7.28. The summed E-state index contributed by atoms with van der Waals surface area (Å²) < 4.78 is 4.42. The number of esters is 1. The number of phenols is 1. The molecular weight excluding hydrogens is 278 g/mol. The summed E-state index contributed by atoms with van der Waals surface area (Å²) in [7, 11) is 1.20. The first-order chi connectivity index (χ1) is 9.85. The fraction of sp³-hybridized carbons (Fsp3) is 0.357. The molecule has 0 aliphatic rings. The Labute approximate surface area is 121 Å². The van der Waals surface area contributed by atoms with E-state index < -0.39 is 23.9 Å². The van der Waals surface area contributed by atoms with E-state index in [-0.39, 0.29) is 24.2 Å². The van der Waals surface area contributed by atoms with E-state index in [1.165, 1.54) is 19.2 Å². The Bertz CT molecular complexity index is 554. The fourth-order valence-corrected chi connectivity index (χ4v) is 1.61. The van der Waals surface area contributed by atoms with E-state index in [4.69, 9.17) is 5.11 Å². The SMILES string of the molecule is COC(=O)CC[C@@H](NC(=O)c1ccc(C)c(O)c1)C(=O)O. The Balaban J connectivity index is 2.74. The Kier molecular flexibility index (Phi) is 5.71. The molecule has 7 nitrogen and oxygen atoms in total. The van der Waals surface area contributed by atoms with E-state index in [1.807, 2.05) is 0 Å². The lowest BCUT2D eigenvalue weighted by Gasteiger charge is -2.14. The lowest BCUT2D eigenvalue weighted by atomic mass is 10.1. The number of carboxylic acid groups (broad SMARTS) is 1. The summed E-state index contributed by atoms with van der Waals surface area (Å²) in [5, 5.41) is 20.9. The van der Waals surface area contributed by atoms with Crippen LogP contribution in [0, 0.1) is 6.92 Å². The normalized spacial score (nSPS) is 11.5. The van der Waals surface area contributed by atoms with Gasteiger partial charge in [0.25, 0.3) is 5.91 Å². The van der Waals surface area contributed by atoms with Crippen LogP contribution in [0.25, 0.3) is 0 Å². The van der Waals surface area contributed by atoms with Gasteiger partial charge in [-0.05, 0) is 31.0 Å². The van der Waals surface area contributed by atoms with Crippen LogP contribution in [-0.4, -0.2) is 41.2 Å². The first-order valence-electron chi connectivity index (χ1n) is 6.25. The topological polar surface area (TPSA) is 113 Å². The van der Waals surface area contributed by atoms with Gasteiger partial charge in [-0.15, -0.1) is 0 Å². The van der Waals surface area contributed by atoms with Crippen molar-refractivity contribution >= 4 is 17.8 Å². The summed E-state index contributed by atoms with van der Waals surface area (Å²) in [6, 6.07) is 3.07. The Morgan fingerprint density at radius 3 is 2.52 bits per heavy atom. The average molecular weight is 295 g/mol. The molecule has 0 fully saturated rings. The van der Waals surface area contributed by atoms with Gasteiger partial charge in [-0.1, -0.05) is 6.07 Å². The van der Waals surface area contributed by atoms with Gasteiger partial charge in [0, 0.05) is 12.0 Å². The molecule has 0 unspecified atom stereocenters. The molecule has 0 saturated heterocycles. The maximum Gasteiger partial charge on any atom is 0.326 e. The molecule has 3 N–H and O–H groups in total. The van der Waals surface area contributed by atoms with E-state index in [0.29, 0.717) is 5.56 Å². The third-order valence-corrected chi connectivity index (χ3v) is 2.94. The zero-order valence-electron chi connectivity index (χ0n) is 11.8. The summed E-state index contributed by atoms with van der Waals surface area (Å²) >= 11 is 0. The number of aliphatic carboxylic acids is 1. The number of hydrogen-bond donors (Lipinski definition) is 3. The molecule has 114 valence electrons. The fourth-order valence-electron chi connectivity index (χ4n) is 1.61. The second-order valence-corrected chi connectivity index (χ2v) is 4.48. The highest BCUT2D eigenvalue weighted by Crippen LogP contribution is 2.17. The standard InChI is InChI=1S/C14H17NO6/c1-8-3-4-9(7-11(8)16)13(18)15-10(14(19)20)5-6-12(17)21-2/h3-4,7,10,16H,5-6H2,1-2H3,(H,15,18)(H,19,20)/t10-/m1/s1. The van der Waals surface area contributed by atoms with Crippen LogP contribution in [-0.2, 0) is 14.3 Å². The minimum Gasteiger partial charge on any atom is -0.508 e. The first-order valence-corrected chi connectivity index (χ1v) is 6.25. The van der Waals surface area contributed by atoms with Gasteiger partial charge >= 0.3 is 11.9 Å². The van der Waals surface area contributed by atoms with Crippen molar-refractivity contribution in [2.45, 2.75) is 25.8 Å². The molecule has 1 atom stereocenters. The van der Waals surface area contributed by atoms with Crippen molar-refractivity contribution in [2.24, 2.45) is 0 Å². The molecular formula is C14H17NO6. The van der Waals surface area contributed by atoms with Crippen molar-refractivity contribution < 1.29 is 29.3 Å². The number of methoxy groups -OCH3 is 1. The maximum absolute atomic E-state index is 11.9. The second-order valence-electron chi connectivity index (χ2n) is 4.48. The minimum atomic E-state index is -1.25. The predicted octanol–water partition coefficient (Wildman–Crippen LogP) is 0.837. The Morgan fingerprint density at radius 1 is 1.33 bits per heavy atom. The molecule has 21 heavy (non-hydrogen) atoms. The molecule has 0 aliphatic heterocycles. The number of carbonyl (C=O) groups is 3. The van der Waals surface area contributed by atoms with Crippen LogP contribution in [0.2, 0.25) is 0 Å². The van der Waals surface area contributed by atoms with Crippen molar-refractivity contribution in [3.05, 3.63) is 29.3 Å². The highest BCUT2D eigenvalue weighted by atomic mass is 16.5. The predicted molar refractivity (Wildman–Crippen MR) is 73.0 cm³/mol. The van der Waals surface area contributed by atoms with Gasteiger partial charge in [-0.2, -0.15) is 0 Å². The van der Waals surface area contributed by atoms with E-state index in [0.717, 1.165) is 0 Å². The Hall–Kier alpha value is -2.57. The highest BCUT2D eigenvalue weighted by Gasteiger charge is 2.22. The number of amides is 1. The number of phenolic OH excluding ortho intramolecular Hbond substituents is 1. The molecule has 7 heteroatoms. The molecule has 1 rings (SSSR count). The lowest BCUT2D eigenvalue weighted by Crippen LogP contribution is -2.41. The van der Waals surface area contributed by atoms with Crippen molar-refractivity contribution in [2.75, 3.05) is 7.11 Å². The number of ether oxygens (including phenoxy) is 1. The number of aryl methyl sites for hydroxylation is 1. The monoisotopic (exact) mass is 295 g/mol. The van der Waals surface area contributed by atoms with E-state index in [1.54, 1.807) is 13.0 Å². The zero-order valence-corrected chi connectivity index (χ0v) is 11.8. The molecule has 1 amide bonds. The van der Waals surface area contributed by atoms with Crippen LogP contribution in [0.5, 0.6) is 5.75 Å². The molecule has 0 bridgehead atoms. The van der Waals surface area contributed by atoms with Gasteiger partial charge in [0.05, 0.1) is 7.11 Å². The van der Waals surface area contributed by atoms with Gasteiger partial charge in [-0.3, -0.25) is 9.59 Å². The molecule has 1 aromatic rings. The molecule has 0 saturated carbocycles. The molecule has 0 heterocycles. The van der Waals surface area contributed by atoms with Gasteiger partial charge in [0.2, 0.25) is 0 Å². The van der Waals surface area contributed by atoms with E-state index >= 15 is 0 Å². The summed E-state index contributed by atoms with van der Waals surface area (Å²) in [4.78, 5) is 34.0. The number of carboxylic acids is 1. The number of aromatic hydroxyl groups is 1. The summed E-state index contributed by atoms with van der Waals surface area (Å²) in [5.74, 6) is -2.49. The van der Waals surface area contributed by atoms with Crippen molar-refractivity contribution in [1.82, 2.24) is 5.32 Å². The maximum atomic E-state index is 11.9. The number of nitrogens with one attached hydrogen (secondary N) is 1. The third kappa shape index (κ3) is 4.79. The number of rotatable bonds is 6. The van der Waals surface area contributed by atoms with E-state index in [9.17, 15) is 19.5 Å². The number of hydrogen-bond acceptors (Lipinski definition) is 5. The highest BCUT2D eigenvalue weighted by molar-refractivity contribution is 5.97. The summed E-state index contributed by atoms with van der Waals surface area (Å²) in [6.45, 7) is 1.67. The minimum absolute atomic E-state index is 0.0518. The molecule has 0 spiro atoms. The van der Waals surface area contributed by atoms with Crippen LogP contribution in [0.15, 0.2) is 18.2 Å². The van der Waals surface area contributed by atoms with Crippen LogP contribution in [0.3, 0.4) is 0 Å². The van der Waals surface area contributed by atoms with Gasteiger partial charge < -0.3 is 20.3 Å². The largest absolute Gasteiger partial charge is 0.508 e. The number of benzene rings is 1. The lowest BCUT2D eigenvalue weighted by molar-refractivity contribution is -0.142. The first kappa shape index (κ1) is 16.5. The van der Waals surface area contributed by atoms with Crippen LogP contribution < -0.4 is 5.32 Å². The smallest absolute Gasteiger partial charge is 0.326 e. The average Bonchev–Trinajstić information content (AvgIpc) is 2.45. The third-order valence-electron chi connectivity index (χ3n) is 2.94. The molecule has 0 aromatic heterocycles. The van der Waals surface area contributed by atoms with Crippen molar-refractivity contribution in [3.63, 3.8) is 0 Å². The van der Waals surface area contributed by atoms with Crippen molar-refractivity contribution in [3.8, 4) is 5.75 Å².